The minimum atomic E-state index is 1.03. The Hall–Kier alpha value is -1.77. The predicted molar refractivity (Wildman–Crippen MR) is 74.9 cm³/mol. The lowest BCUT2D eigenvalue weighted by molar-refractivity contribution is 0.686. The van der Waals surface area contributed by atoms with Crippen molar-refractivity contribution in [1.82, 2.24) is 10.2 Å². The van der Waals surface area contributed by atoms with Crippen molar-refractivity contribution < 1.29 is 0 Å². The van der Waals surface area contributed by atoms with Crippen molar-refractivity contribution in [2.75, 3.05) is 12.4 Å². The van der Waals surface area contributed by atoms with Crippen LogP contribution in [0.15, 0.2) is 18.2 Å². The molecule has 0 amide bonds. The van der Waals surface area contributed by atoms with E-state index in [9.17, 15) is 0 Å². The molecule has 0 saturated heterocycles. The molecule has 0 bridgehead atoms. The van der Waals surface area contributed by atoms with E-state index in [4.69, 9.17) is 0 Å². The van der Waals surface area contributed by atoms with Crippen LogP contribution in [0.5, 0.6) is 0 Å². The summed E-state index contributed by atoms with van der Waals surface area (Å²) in [6, 6.07) is 6.78. The maximum Gasteiger partial charge on any atom is 0.115 e. The number of aromatic amines is 1. The van der Waals surface area contributed by atoms with Gasteiger partial charge < -0.3 is 5.32 Å². The van der Waals surface area contributed by atoms with E-state index in [1.54, 1.807) is 0 Å². The maximum absolute atomic E-state index is 4.42. The third kappa shape index (κ3) is 1.80. The summed E-state index contributed by atoms with van der Waals surface area (Å²) in [4.78, 5) is 0. The molecule has 1 aliphatic rings. The van der Waals surface area contributed by atoms with E-state index in [1.165, 1.54) is 42.4 Å². The van der Waals surface area contributed by atoms with Gasteiger partial charge in [-0.3, -0.25) is 5.10 Å². The Bertz CT molecular complexity index is 569. The highest BCUT2D eigenvalue weighted by Gasteiger charge is 2.14. The first-order valence-electron chi connectivity index (χ1n) is 6.64. The predicted octanol–water partition coefficient (Wildman–Crippen LogP) is 3.31. The molecule has 1 aliphatic carbocycles. The fourth-order valence-corrected chi connectivity index (χ4v) is 2.82. The normalized spacial score (nSPS) is 14.3. The third-order valence-corrected chi connectivity index (χ3v) is 3.82. The molecule has 0 saturated carbocycles. The lowest BCUT2D eigenvalue weighted by atomic mass is 9.90. The first-order chi connectivity index (χ1) is 8.79. The Morgan fingerprint density at radius 2 is 1.94 bits per heavy atom. The highest BCUT2D eigenvalue weighted by atomic mass is 15.1. The molecule has 18 heavy (non-hydrogen) atoms. The van der Waals surface area contributed by atoms with Crippen molar-refractivity contribution in [3.05, 3.63) is 35.0 Å². The third-order valence-electron chi connectivity index (χ3n) is 3.82. The van der Waals surface area contributed by atoms with Gasteiger partial charge >= 0.3 is 0 Å². The van der Waals surface area contributed by atoms with E-state index in [0.29, 0.717) is 0 Å². The number of fused-ring (bicyclic) bond motifs is 1. The molecule has 1 heterocycles. The van der Waals surface area contributed by atoms with Gasteiger partial charge in [-0.15, -0.1) is 0 Å². The summed E-state index contributed by atoms with van der Waals surface area (Å²) in [5, 5.41) is 10.7. The standard InChI is InChI=1S/C15H19N3/c1-10-14(16-2)15(18-17-10)13-8-7-11-5-3-4-6-12(11)9-13/h7-9,16H,3-6H2,1-2H3,(H,17,18). The first kappa shape index (κ1) is 11.3. The molecular weight excluding hydrogens is 222 g/mol. The summed E-state index contributed by atoms with van der Waals surface area (Å²) in [6.07, 6.45) is 5.08. The van der Waals surface area contributed by atoms with Crippen LogP contribution in [-0.4, -0.2) is 17.2 Å². The van der Waals surface area contributed by atoms with Crippen LogP contribution in [0.2, 0.25) is 0 Å². The zero-order valence-electron chi connectivity index (χ0n) is 11.0. The van der Waals surface area contributed by atoms with Crippen molar-refractivity contribution in [3.8, 4) is 11.3 Å². The number of aromatic nitrogens is 2. The number of hydrogen-bond donors (Lipinski definition) is 2. The largest absolute Gasteiger partial charge is 0.385 e. The van der Waals surface area contributed by atoms with Crippen molar-refractivity contribution >= 4 is 5.69 Å². The maximum atomic E-state index is 4.42. The molecule has 0 radical (unpaired) electrons. The Balaban J connectivity index is 2.06. The molecule has 0 atom stereocenters. The van der Waals surface area contributed by atoms with Gasteiger partial charge in [0, 0.05) is 12.6 Å². The highest BCUT2D eigenvalue weighted by molar-refractivity contribution is 5.76. The number of H-pyrrole nitrogens is 1. The second-order valence-corrected chi connectivity index (χ2v) is 5.01. The molecule has 2 N–H and O–H groups in total. The Morgan fingerprint density at radius 3 is 2.72 bits per heavy atom. The molecule has 0 spiro atoms. The van der Waals surface area contributed by atoms with Crippen LogP contribution >= 0.6 is 0 Å². The second kappa shape index (κ2) is 4.48. The molecule has 1 aromatic heterocycles. The van der Waals surface area contributed by atoms with Crippen molar-refractivity contribution in [2.45, 2.75) is 32.6 Å². The fourth-order valence-electron chi connectivity index (χ4n) is 2.82. The number of benzene rings is 1. The second-order valence-electron chi connectivity index (χ2n) is 5.01. The summed E-state index contributed by atoms with van der Waals surface area (Å²) in [6.45, 7) is 2.04. The fraction of sp³-hybridized carbons (Fsp3) is 0.400. The first-order valence-corrected chi connectivity index (χ1v) is 6.64. The average Bonchev–Trinajstić information content (AvgIpc) is 2.79. The number of nitrogens with zero attached hydrogens (tertiary/aromatic N) is 1. The van der Waals surface area contributed by atoms with E-state index in [2.05, 4.69) is 33.7 Å². The van der Waals surface area contributed by atoms with Crippen LogP contribution in [0.4, 0.5) is 5.69 Å². The number of hydrogen-bond acceptors (Lipinski definition) is 2. The van der Waals surface area contributed by atoms with E-state index in [1.807, 2.05) is 14.0 Å². The summed E-state index contributed by atoms with van der Waals surface area (Å²) in [5.41, 5.74) is 7.45. The van der Waals surface area contributed by atoms with Gasteiger partial charge in [-0.2, -0.15) is 5.10 Å². The van der Waals surface area contributed by atoms with Gasteiger partial charge in [0.15, 0.2) is 0 Å². The summed E-state index contributed by atoms with van der Waals surface area (Å²) in [7, 11) is 1.94. The Labute approximate surface area is 108 Å². The van der Waals surface area contributed by atoms with Crippen LogP contribution in [0.25, 0.3) is 11.3 Å². The smallest absolute Gasteiger partial charge is 0.115 e. The SMILES string of the molecule is CNc1c(-c2ccc3c(c2)CCCC3)n[nH]c1C. The molecular formula is C15H19N3. The molecule has 3 rings (SSSR count). The van der Waals surface area contributed by atoms with Crippen molar-refractivity contribution in [3.63, 3.8) is 0 Å². The molecule has 0 fully saturated rings. The summed E-state index contributed by atoms with van der Waals surface area (Å²) < 4.78 is 0. The van der Waals surface area contributed by atoms with Gasteiger partial charge in [-0.1, -0.05) is 12.1 Å². The Morgan fingerprint density at radius 1 is 1.17 bits per heavy atom. The van der Waals surface area contributed by atoms with Gasteiger partial charge in [0.05, 0.1) is 11.4 Å². The van der Waals surface area contributed by atoms with Crippen LogP contribution in [0.3, 0.4) is 0 Å². The molecule has 3 heteroatoms. The van der Waals surface area contributed by atoms with Crippen LogP contribution < -0.4 is 5.32 Å². The number of rotatable bonds is 2. The van der Waals surface area contributed by atoms with E-state index < -0.39 is 0 Å². The van der Waals surface area contributed by atoms with Gasteiger partial charge in [0.25, 0.3) is 0 Å². The zero-order valence-corrected chi connectivity index (χ0v) is 11.0. The minimum Gasteiger partial charge on any atom is -0.385 e. The van der Waals surface area contributed by atoms with Gasteiger partial charge in [-0.05, 0) is 49.8 Å². The van der Waals surface area contributed by atoms with Crippen LogP contribution in [0.1, 0.15) is 29.7 Å². The zero-order chi connectivity index (χ0) is 12.5. The molecule has 2 aromatic rings. The topological polar surface area (TPSA) is 40.7 Å². The molecule has 0 unspecified atom stereocenters. The highest BCUT2D eigenvalue weighted by Crippen LogP contribution is 2.31. The Kier molecular flexibility index (Phi) is 2.82. The molecule has 0 aliphatic heterocycles. The molecule has 94 valence electrons. The summed E-state index contributed by atoms with van der Waals surface area (Å²) in [5.74, 6) is 0. The van der Waals surface area contributed by atoms with Gasteiger partial charge in [0.1, 0.15) is 5.69 Å². The minimum absolute atomic E-state index is 1.03. The van der Waals surface area contributed by atoms with Crippen molar-refractivity contribution in [2.24, 2.45) is 0 Å². The molecule has 1 aromatic carbocycles. The van der Waals surface area contributed by atoms with E-state index in [0.717, 1.165) is 17.1 Å². The monoisotopic (exact) mass is 241 g/mol. The van der Waals surface area contributed by atoms with Crippen LogP contribution in [0, 0.1) is 6.92 Å². The van der Waals surface area contributed by atoms with Gasteiger partial charge in [-0.25, -0.2) is 0 Å². The quantitative estimate of drug-likeness (QED) is 0.847. The lowest BCUT2D eigenvalue weighted by Gasteiger charge is -2.16. The van der Waals surface area contributed by atoms with Crippen molar-refractivity contribution in [1.29, 1.82) is 0 Å². The number of nitrogens with one attached hydrogen (secondary N) is 2. The average molecular weight is 241 g/mol. The van der Waals surface area contributed by atoms with E-state index in [-0.39, 0.29) is 0 Å². The van der Waals surface area contributed by atoms with Gasteiger partial charge in [0.2, 0.25) is 0 Å². The van der Waals surface area contributed by atoms with E-state index >= 15 is 0 Å². The summed E-state index contributed by atoms with van der Waals surface area (Å²) >= 11 is 0. The number of aryl methyl sites for hydroxylation is 3. The van der Waals surface area contributed by atoms with Crippen LogP contribution in [-0.2, 0) is 12.8 Å². The molecule has 3 nitrogen and oxygen atoms in total. The number of anilines is 1. The lowest BCUT2D eigenvalue weighted by Crippen LogP contribution is -2.02.